The van der Waals surface area contributed by atoms with E-state index < -0.39 is 0 Å². The molecule has 0 atom stereocenters. The van der Waals surface area contributed by atoms with E-state index in [2.05, 4.69) is 236 Å². The average Bonchev–Trinajstić information content (AvgIpc) is 3.36. The molecule has 0 unspecified atom stereocenters. The Labute approximate surface area is 340 Å². The van der Waals surface area contributed by atoms with Gasteiger partial charge in [-0.25, -0.2) is 0 Å². The van der Waals surface area contributed by atoms with Crippen LogP contribution in [0.5, 0.6) is 0 Å². The third-order valence-corrected chi connectivity index (χ3v) is 12.5. The molecule has 0 aromatic heterocycles. The molecule has 2 nitrogen and oxygen atoms in total. The molecule has 0 radical (unpaired) electrons. The molecule has 0 spiro atoms. The Hall–Kier alpha value is -7.10. The average molecular weight is 741 g/mol. The van der Waals surface area contributed by atoms with Crippen molar-refractivity contribution in [3.63, 3.8) is 0 Å². The fourth-order valence-corrected chi connectivity index (χ4v) is 9.91. The minimum Gasteiger partial charge on any atom is -0.310 e. The standard InChI is InChI=1S/C55H41BN2/c1-55(2)46-30-18-19-31-48(46)56(39-20-8-3-9-21-39)49-36-45-51(58(42-26-14-6-15-27-42)43-28-16-7-17-29-43)37-50(44-34-32-38-33-35-47(55)54(49)52(38)53(44)45)57(40-22-10-4-11-23-40)41-24-12-5-13-25-41/h3-37H,1-2H3. The van der Waals surface area contributed by atoms with Gasteiger partial charge in [-0.15, -0.1) is 0 Å². The van der Waals surface area contributed by atoms with Gasteiger partial charge >= 0.3 is 0 Å². The highest BCUT2D eigenvalue weighted by atomic mass is 15.2. The van der Waals surface area contributed by atoms with E-state index in [-0.39, 0.29) is 12.1 Å². The van der Waals surface area contributed by atoms with Crippen molar-refractivity contribution in [2.75, 3.05) is 9.80 Å². The first-order valence-corrected chi connectivity index (χ1v) is 20.3. The van der Waals surface area contributed by atoms with Crippen molar-refractivity contribution in [3.05, 3.63) is 223 Å². The molecule has 1 aliphatic heterocycles. The Bertz CT molecular complexity index is 3000. The molecule has 10 aromatic carbocycles. The molecule has 274 valence electrons. The fraction of sp³-hybridized carbons (Fsp3) is 0.0545. The molecular formula is C55H41BN2. The van der Waals surface area contributed by atoms with Crippen LogP contribution in [0.4, 0.5) is 34.1 Å². The maximum absolute atomic E-state index is 2.57. The maximum Gasteiger partial charge on any atom is 0.242 e. The van der Waals surface area contributed by atoms with E-state index in [4.69, 9.17) is 0 Å². The van der Waals surface area contributed by atoms with Crippen LogP contribution in [0, 0.1) is 0 Å². The number of hydrogen-bond donors (Lipinski definition) is 0. The van der Waals surface area contributed by atoms with Crippen LogP contribution in [0.25, 0.3) is 32.3 Å². The molecular weight excluding hydrogens is 699 g/mol. The molecule has 0 amide bonds. The van der Waals surface area contributed by atoms with E-state index >= 15 is 0 Å². The predicted octanol–water partition coefficient (Wildman–Crippen LogP) is 12.7. The first-order chi connectivity index (χ1) is 28.6. The number of fused-ring (bicyclic) bond motifs is 1. The van der Waals surface area contributed by atoms with Crippen molar-refractivity contribution in [1.82, 2.24) is 0 Å². The van der Waals surface area contributed by atoms with E-state index in [1.54, 1.807) is 0 Å². The second kappa shape index (κ2) is 13.5. The van der Waals surface area contributed by atoms with Crippen molar-refractivity contribution in [2.24, 2.45) is 0 Å². The Morgan fingerprint density at radius 1 is 0.362 bits per heavy atom. The zero-order valence-corrected chi connectivity index (χ0v) is 32.7. The van der Waals surface area contributed by atoms with E-state index in [0.29, 0.717) is 0 Å². The summed E-state index contributed by atoms with van der Waals surface area (Å²) in [7, 11) is 0. The Morgan fingerprint density at radius 2 is 0.828 bits per heavy atom. The van der Waals surface area contributed by atoms with Crippen LogP contribution < -0.4 is 26.2 Å². The highest BCUT2D eigenvalue weighted by Crippen LogP contribution is 2.51. The van der Waals surface area contributed by atoms with Crippen molar-refractivity contribution in [2.45, 2.75) is 19.3 Å². The minimum absolute atomic E-state index is 0.0338. The van der Waals surface area contributed by atoms with Gasteiger partial charge in [0.15, 0.2) is 0 Å². The summed E-state index contributed by atoms with van der Waals surface area (Å²) in [5, 5.41) is 7.69. The smallest absolute Gasteiger partial charge is 0.242 e. The monoisotopic (exact) mass is 740 g/mol. The van der Waals surface area contributed by atoms with Gasteiger partial charge in [0.05, 0.1) is 11.4 Å². The van der Waals surface area contributed by atoms with Crippen molar-refractivity contribution < 1.29 is 0 Å². The Kier molecular flexibility index (Phi) is 7.98. The fourth-order valence-electron chi connectivity index (χ4n) is 9.91. The van der Waals surface area contributed by atoms with E-state index in [1.807, 2.05) is 0 Å². The molecule has 1 aliphatic rings. The minimum atomic E-state index is -0.247. The first-order valence-electron chi connectivity index (χ1n) is 20.3. The Balaban J connectivity index is 1.36. The summed E-state index contributed by atoms with van der Waals surface area (Å²) in [6, 6.07) is 78.2. The summed E-state index contributed by atoms with van der Waals surface area (Å²) >= 11 is 0. The van der Waals surface area contributed by atoms with Gasteiger partial charge < -0.3 is 9.80 Å². The molecule has 0 saturated carbocycles. The number of nitrogens with zero attached hydrogens (tertiary/aromatic N) is 2. The number of rotatable bonds is 7. The topological polar surface area (TPSA) is 6.48 Å². The third-order valence-electron chi connectivity index (χ3n) is 12.5. The Morgan fingerprint density at radius 3 is 1.38 bits per heavy atom. The second-order valence-corrected chi connectivity index (χ2v) is 16.1. The molecule has 0 bridgehead atoms. The largest absolute Gasteiger partial charge is 0.310 e. The summed E-state index contributed by atoms with van der Waals surface area (Å²) in [6.45, 7) is 4.88. The normalized spacial score (nSPS) is 13.1. The number of benzene rings is 10. The third kappa shape index (κ3) is 5.27. The molecule has 0 N–H and O–H groups in total. The quantitative estimate of drug-likeness (QED) is 0.119. The SMILES string of the molecule is CC1(C)c2ccccc2B(c2ccccc2)c2cc3c(N(c4ccccc4)c4ccccc4)cc(N(c4ccccc4)c4ccccc4)c4ccc5ccc1c2c5c43. The van der Waals surface area contributed by atoms with Crippen molar-refractivity contribution >= 4 is 89.5 Å². The van der Waals surface area contributed by atoms with Crippen LogP contribution in [0.15, 0.2) is 212 Å². The van der Waals surface area contributed by atoms with Crippen LogP contribution in [0.2, 0.25) is 0 Å². The van der Waals surface area contributed by atoms with Crippen LogP contribution in [0.3, 0.4) is 0 Å². The summed E-state index contributed by atoms with van der Waals surface area (Å²) in [4.78, 5) is 4.90. The van der Waals surface area contributed by atoms with Gasteiger partial charge in [0.2, 0.25) is 6.71 Å². The highest BCUT2D eigenvalue weighted by Gasteiger charge is 2.39. The highest BCUT2D eigenvalue weighted by molar-refractivity contribution is 6.97. The molecule has 11 rings (SSSR count). The van der Waals surface area contributed by atoms with Crippen LogP contribution >= 0.6 is 0 Å². The summed E-state index contributed by atoms with van der Waals surface area (Å²) < 4.78 is 0. The molecule has 0 fully saturated rings. The number of para-hydroxylation sites is 4. The summed E-state index contributed by atoms with van der Waals surface area (Å²) in [5.41, 5.74) is 13.2. The molecule has 58 heavy (non-hydrogen) atoms. The van der Waals surface area contributed by atoms with Crippen molar-refractivity contribution in [1.29, 1.82) is 0 Å². The van der Waals surface area contributed by atoms with Crippen molar-refractivity contribution in [3.8, 4) is 0 Å². The lowest BCUT2D eigenvalue weighted by Gasteiger charge is -2.33. The molecule has 0 aliphatic carbocycles. The van der Waals surface area contributed by atoms with Gasteiger partial charge in [-0.2, -0.15) is 0 Å². The molecule has 10 aromatic rings. The lowest BCUT2D eigenvalue weighted by atomic mass is 9.35. The van der Waals surface area contributed by atoms with Gasteiger partial charge in [-0.1, -0.05) is 188 Å². The van der Waals surface area contributed by atoms with Gasteiger partial charge in [0.1, 0.15) is 0 Å². The molecule has 1 heterocycles. The summed E-state index contributed by atoms with van der Waals surface area (Å²) in [5.74, 6) is 0. The van der Waals surface area contributed by atoms with Gasteiger partial charge in [-0.05, 0) is 81.9 Å². The van der Waals surface area contributed by atoms with E-state index in [9.17, 15) is 0 Å². The zero-order chi connectivity index (χ0) is 38.8. The molecule has 3 heteroatoms. The zero-order valence-electron chi connectivity index (χ0n) is 32.7. The number of hydrogen-bond acceptors (Lipinski definition) is 2. The van der Waals surface area contributed by atoms with Crippen LogP contribution in [-0.4, -0.2) is 6.71 Å². The maximum atomic E-state index is 2.57. The van der Waals surface area contributed by atoms with E-state index in [0.717, 1.165) is 34.1 Å². The van der Waals surface area contributed by atoms with E-state index in [1.165, 1.54) is 59.8 Å². The summed E-state index contributed by atoms with van der Waals surface area (Å²) in [6.07, 6.45) is 0. The van der Waals surface area contributed by atoms with Gasteiger partial charge in [0, 0.05) is 44.3 Å². The first kappa shape index (κ1) is 34.2. The van der Waals surface area contributed by atoms with Gasteiger partial charge in [0.25, 0.3) is 0 Å². The van der Waals surface area contributed by atoms with Gasteiger partial charge in [-0.3, -0.25) is 0 Å². The lowest BCUT2D eigenvalue weighted by molar-refractivity contribution is 0.652. The molecule has 0 saturated heterocycles. The lowest BCUT2D eigenvalue weighted by Crippen LogP contribution is -2.53. The second-order valence-electron chi connectivity index (χ2n) is 16.1. The number of anilines is 6. The predicted molar refractivity (Wildman–Crippen MR) is 249 cm³/mol. The van der Waals surface area contributed by atoms with Crippen LogP contribution in [0.1, 0.15) is 25.0 Å². The van der Waals surface area contributed by atoms with Crippen LogP contribution in [-0.2, 0) is 5.41 Å².